The molecule has 0 unspecified atom stereocenters. The smallest absolute Gasteiger partial charge is 0.267 e. The summed E-state index contributed by atoms with van der Waals surface area (Å²) in [5.74, 6) is 0.396. The number of benzene rings is 1. The van der Waals surface area contributed by atoms with Crippen LogP contribution in [0.25, 0.3) is 10.9 Å². The number of likely N-dealkylation sites (N-methyl/N-ethyl adjacent to an activating group) is 1. The molecule has 2 aromatic rings. The molecule has 3 aliphatic rings. The molecular formula is C16H18FN3O. The number of nitrogens with one attached hydrogen (secondary N) is 2. The highest BCUT2D eigenvalue weighted by atomic mass is 19.1. The predicted octanol–water partition coefficient (Wildman–Crippen LogP) is 2.13. The molecule has 0 atom stereocenters. The van der Waals surface area contributed by atoms with Gasteiger partial charge in [0.15, 0.2) is 0 Å². The van der Waals surface area contributed by atoms with Crippen molar-refractivity contribution in [3.63, 3.8) is 0 Å². The van der Waals surface area contributed by atoms with Gasteiger partial charge in [-0.25, -0.2) is 4.39 Å². The van der Waals surface area contributed by atoms with Crippen molar-refractivity contribution in [2.24, 2.45) is 5.92 Å². The van der Waals surface area contributed by atoms with Crippen LogP contribution in [-0.2, 0) is 0 Å². The molecule has 1 amide bonds. The van der Waals surface area contributed by atoms with Crippen LogP contribution < -0.4 is 5.32 Å². The molecule has 0 radical (unpaired) electrons. The van der Waals surface area contributed by atoms with E-state index in [0.29, 0.717) is 12.2 Å². The molecule has 1 aromatic heterocycles. The Balaban J connectivity index is 1.49. The largest absolute Gasteiger partial charge is 0.351 e. The molecule has 3 fully saturated rings. The maximum Gasteiger partial charge on any atom is 0.267 e. The summed E-state index contributed by atoms with van der Waals surface area (Å²) in [4.78, 5) is 17.7. The van der Waals surface area contributed by atoms with Crippen molar-refractivity contribution in [3.05, 3.63) is 35.8 Å². The van der Waals surface area contributed by atoms with E-state index in [2.05, 4.69) is 22.2 Å². The number of H-pyrrole nitrogens is 1. The van der Waals surface area contributed by atoms with Crippen molar-refractivity contribution in [1.82, 2.24) is 15.2 Å². The molecule has 3 heterocycles. The molecule has 2 saturated heterocycles. The third-order valence-electron chi connectivity index (χ3n) is 5.08. The van der Waals surface area contributed by atoms with Gasteiger partial charge in [-0.3, -0.25) is 9.69 Å². The fraction of sp³-hybridized carbons (Fsp3) is 0.438. The van der Waals surface area contributed by atoms with E-state index in [1.165, 1.54) is 25.0 Å². The lowest BCUT2D eigenvalue weighted by atomic mass is 9.73. The van der Waals surface area contributed by atoms with Gasteiger partial charge >= 0.3 is 0 Å². The minimum atomic E-state index is -0.291. The number of aromatic amines is 1. The molecule has 1 aliphatic carbocycles. The second-order valence-corrected chi connectivity index (χ2v) is 6.48. The third kappa shape index (κ3) is 1.95. The van der Waals surface area contributed by atoms with Crippen LogP contribution in [-0.4, -0.2) is 41.5 Å². The van der Waals surface area contributed by atoms with E-state index in [4.69, 9.17) is 0 Å². The van der Waals surface area contributed by atoms with Gasteiger partial charge in [0.25, 0.3) is 5.91 Å². The molecule has 4 nitrogen and oxygen atoms in total. The fourth-order valence-corrected chi connectivity index (χ4v) is 3.88. The normalized spacial score (nSPS) is 27.8. The van der Waals surface area contributed by atoms with Gasteiger partial charge < -0.3 is 10.3 Å². The van der Waals surface area contributed by atoms with E-state index >= 15 is 0 Å². The second-order valence-electron chi connectivity index (χ2n) is 6.48. The molecule has 5 heteroatoms. The molecule has 2 aliphatic heterocycles. The lowest BCUT2D eigenvalue weighted by Crippen LogP contribution is -2.53. The first-order chi connectivity index (χ1) is 10.1. The maximum absolute atomic E-state index is 13.2. The minimum Gasteiger partial charge on any atom is -0.351 e. The van der Waals surface area contributed by atoms with Gasteiger partial charge in [-0.15, -0.1) is 0 Å². The topological polar surface area (TPSA) is 48.1 Å². The van der Waals surface area contributed by atoms with Gasteiger partial charge in [0.2, 0.25) is 0 Å². The minimum absolute atomic E-state index is 0.121. The molecule has 21 heavy (non-hydrogen) atoms. The third-order valence-corrected chi connectivity index (χ3v) is 5.08. The Hall–Kier alpha value is -1.88. The summed E-state index contributed by atoms with van der Waals surface area (Å²) in [6, 6.07) is 6.18. The second kappa shape index (κ2) is 4.31. The number of carbonyl (C=O) groups excluding carboxylic acids is 1. The lowest BCUT2D eigenvalue weighted by Gasteiger charge is -2.41. The summed E-state index contributed by atoms with van der Waals surface area (Å²) in [5.41, 5.74) is 1.43. The van der Waals surface area contributed by atoms with Gasteiger partial charge in [0.05, 0.1) is 0 Å². The van der Waals surface area contributed by atoms with Crippen LogP contribution in [0, 0.1) is 11.7 Å². The monoisotopic (exact) mass is 287 g/mol. The standard InChI is InChI=1S/C16H18FN3O/c1-20-8-10-6-16(20,7-10)9-18-15(21)14-5-11-4-12(17)2-3-13(11)19-14/h2-5,10,19H,6-9H2,1H3,(H,18,21). The Morgan fingerprint density at radius 3 is 3.00 bits per heavy atom. The Labute approximate surface area is 122 Å². The maximum atomic E-state index is 13.2. The van der Waals surface area contributed by atoms with Crippen LogP contribution >= 0.6 is 0 Å². The molecule has 110 valence electrons. The number of aromatic nitrogens is 1. The Morgan fingerprint density at radius 2 is 2.29 bits per heavy atom. The number of amides is 1. The Morgan fingerprint density at radius 1 is 1.48 bits per heavy atom. The number of hydrogen-bond donors (Lipinski definition) is 2. The van der Waals surface area contributed by atoms with E-state index < -0.39 is 0 Å². The van der Waals surface area contributed by atoms with Gasteiger partial charge in [0.1, 0.15) is 11.5 Å². The molecular weight excluding hydrogens is 269 g/mol. The summed E-state index contributed by atoms with van der Waals surface area (Å²) in [6.07, 6.45) is 2.36. The number of halogens is 1. The molecule has 5 rings (SSSR count). The zero-order valence-electron chi connectivity index (χ0n) is 11.9. The lowest BCUT2D eigenvalue weighted by molar-refractivity contribution is 0.0862. The van der Waals surface area contributed by atoms with Crippen molar-refractivity contribution in [2.45, 2.75) is 18.4 Å². The van der Waals surface area contributed by atoms with Gasteiger partial charge in [0, 0.05) is 29.5 Å². The van der Waals surface area contributed by atoms with E-state index in [-0.39, 0.29) is 17.3 Å². The van der Waals surface area contributed by atoms with Crippen LogP contribution in [0.15, 0.2) is 24.3 Å². The number of carbonyl (C=O) groups is 1. The first kappa shape index (κ1) is 12.8. The van der Waals surface area contributed by atoms with Gasteiger partial charge in [-0.2, -0.15) is 0 Å². The van der Waals surface area contributed by atoms with E-state index in [0.717, 1.165) is 23.4 Å². The van der Waals surface area contributed by atoms with Gasteiger partial charge in [-0.05, 0) is 50.1 Å². The molecule has 1 aromatic carbocycles. The average molecular weight is 287 g/mol. The highest BCUT2D eigenvalue weighted by molar-refractivity contribution is 5.98. The summed E-state index contributed by atoms with van der Waals surface area (Å²) in [6.45, 7) is 1.82. The van der Waals surface area contributed by atoms with Crippen molar-refractivity contribution in [2.75, 3.05) is 20.1 Å². The van der Waals surface area contributed by atoms with E-state index in [9.17, 15) is 9.18 Å². The van der Waals surface area contributed by atoms with E-state index in [1.54, 1.807) is 12.1 Å². The summed E-state index contributed by atoms with van der Waals surface area (Å²) >= 11 is 0. The van der Waals surface area contributed by atoms with Crippen LogP contribution in [0.4, 0.5) is 4.39 Å². The molecule has 1 saturated carbocycles. The van der Waals surface area contributed by atoms with E-state index in [1.807, 2.05) is 0 Å². The van der Waals surface area contributed by atoms with Crippen molar-refractivity contribution in [3.8, 4) is 0 Å². The average Bonchev–Trinajstić information content (AvgIpc) is 3.04. The number of fused-ring (bicyclic) bond motifs is 2. The van der Waals surface area contributed by atoms with Crippen LogP contribution in [0.3, 0.4) is 0 Å². The highest BCUT2D eigenvalue weighted by Crippen LogP contribution is 2.49. The summed E-state index contributed by atoms with van der Waals surface area (Å²) in [7, 11) is 2.13. The Bertz CT molecular complexity index is 717. The van der Waals surface area contributed by atoms with Crippen LogP contribution in [0.5, 0.6) is 0 Å². The van der Waals surface area contributed by atoms with Crippen molar-refractivity contribution < 1.29 is 9.18 Å². The highest BCUT2D eigenvalue weighted by Gasteiger charge is 2.54. The van der Waals surface area contributed by atoms with Crippen LogP contribution in [0.2, 0.25) is 0 Å². The summed E-state index contributed by atoms with van der Waals surface area (Å²) < 4.78 is 13.2. The number of hydrogen-bond acceptors (Lipinski definition) is 2. The number of rotatable bonds is 3. The Kier molecular flexibility index (Phi) is 2.63. The summed E-state index contributed by atoms with van der Waals surface area (Å²) in [5, 5.41) is 3.74. The fourth-order valence-electron chi connectivity index (χ4n) is 3.88. The number of nitrogens with zero attached hydrogens (tertiary/aromatic N) is 1. The van der Waals surface area contributed by atoms with Crippen molar-refractivity contribution >= 4 is 16.8 Å². The predicted molar refractivity (Wildman–Crippen MR) is 78.7 cm³/mol. The molecule has 2 N–H and O–H groups in total. The quantitative estimate of drug-likeness (QED) is 0.908. The zero-order chi connectivity index (χ0) is 14.6. The molecule has 0 spiro atoms. The van der Waals surface area contributed by atoms with Crippen molar-refractivity contribution in [1.29, 1.82) is 0 Å². The first-order valence-electron chi connectivity index (χ1n) is 7.33. The zero-order valence-corrected chi connectivity index (χ0v) is 11.9. The molecule has 2 bridgehead atoms. The SMILES string of the molecule is CN1CC2CC1(CNC(=O)c1cc3cc(F)ccc3[nH]1)C2. The van der Waals surface area contributed by atoms with Crippen LogP contribution in [0.1, 0.15) is 23.3 Å². The van der Waals surface area contributed by atoms with Gasteiger partial charge in [-0.1, -0.05) is 0 Å². The first-order valence-corrected chi connectivity index (χ1v) is 7.33.